The first-order valence-corrected chi connectivity index (χ1v) is 9.63. The molecular weight excluding hydrogens is 402 g/mol. The van der Waals surface area contributed by atoms with Crippen LogP contribution in [-0.4, -0.2) is 16.0 Å². The van der Waals surface area contributed by atoms with Gasteiger partial charge in [0.1, 0.15) is 5.56 Å². The predicted octanol–water partition coefficient (Wildman–Crippen LogP) is 4.77. The minimum atomic E-state index is -0.407. The summed E-state index contributed by atoms with van der Waals surface area (Å²) in [5, 5.41) is 13.6. The summed E-state index contributed by atoms with van der Waals surface area (Å²) in [5.74, 6) is -0.407. The molecule has 2 aromatic carbocycles. The van der Waals surface area contributed by atoms with Gasteiger partial charge in [-0.2, -0.15) is 0 Å². The summed E-state index contributed by atoms with van der Waals surface area (Å²) in [5.41, 5.74) is 3.22. The third-order valence-electron chi connectivity index (χ3n) is 4.54. The van der Waals surface area contributed by atoms with Crippen LogP contribution in [0.15, 0.2) is 76.3 Å². The van der Waals surface area contributed by atoms with Gasteiger partial charge in [0, 0.05) is 27.9 Å². The number of carbonyl (C=O) groups excluding carboxylic acids is 1. The van der Waals surface area contributed by atoms with Gasteiger partial charge in [-0.1, -0.05) is 35.9 Å². The molecule has 0 saturated carbocycles. The van der Waals surface area contributed by atoms with Crippen molar-refractivity contribution in [3.8, 4) is 0 Å². The number of aryl methyl sites for hydroxylation is 1. The molecule has 150 valence electrons. The van der Waals surface area contributed by atoms with Crippen molar-refractivity contribution in [1.29, 1.82) is 0 Å². The first-order valence-electron chi connectivity index (χ1n) is 9.25. The Balaban J connectivity index is 1.92. The highest BCUT2D eigenvalue weighted by Crippen LogP contribution is 2.22. The number of para-hydroxylation sites is 1. The highest BCUT2D eigenvalue weighted by molar-refractivity contribution is 6.31. The van der Waals surface area contributed by atoms with E-state index in [1.54, 1.807) is 43.5 Å². The van der Waals surface area contributed by atoms with Crippen molar-refractivity contribution in [1.82, 2.24) is 4.98 Å². The van der Waals surface area contributed by atoms with E-state index in [4.69, 9.17) is 16.0 Å². The number of aromatic nitrogens is 1. The van der Waals surface area contributed by atoms with Crippen molar-refractivity contribution in [3.63, 3.8) is 0 Å². The predicted molar refractivity (Wildman–Crippen MR) is 116 cm³/mol. The van der Waals surface area contributed by atoms with Crippen LogP contribution in [-0.2, 0) is 6.61 Å². The molecule has 0 aliphatic rings. The molecule has 0 aliphatic heterocycles. The van der Waals surface area contributed by atoms with Gasteiger partial charge in [0.25, 0.3) is 5.91 Å². The number of pyridine rings is 1. The summed E-state index contributed by atoms with van der Waals surface area (Å²) in [4.78, 5) is 21.9. The van der Waals surface area contributed by atoms with E-state index in [9.17, 15) is 9.90 Å². The third-order valence-corrected chi connectivity index (χ3v) is 4.77. The maximum Gasteiger partial charge on any atom is 0.261 e. The number of nitrogens with one attached hydrogen (secondary N) is 1. The zero-order valence-corrected chi connectivity index (χ0v) is 16.8. The molecule has 1 amide bonds. The Morgan fingerprint density at radius 3 is 2.70 bits per heavy atom. The molecule has 2 N–H and O–H groups in total. The fourth-order valence-corrected chi connectivity index (χ4v) is 3.23. The van der Waals surface area contributed by atoms with Crippen LogP contribution in [0.4, 0.5) is 11.4 Å². The molecule has 0 fully saturated rings. The van der Waals surface area contributed by atoms with E-state index >= 15 is 0 Å². The van der Waals surface area contributed by atoms with Crippen molar-refractivity contribution in [2.75, 3.05) is 5.32 Å². The second kappa shape index (κ2) is 8.49. The molecular formula is C23H18ClN3O3. The fraction of sp³-hybridized carbons (Fsp3) is 0.0870. The van der Waals surface area contributed by atoms with Crippen LogP contribution in [0.3, 0.4) is 0 Å². The third kappa shape index (κ3) is 4.10. The number of rotatable bonds is 4. The van der Waals surface area contributed by atoms with Crippen molar-refractivity contribution in [2.24, 2.45) is 4.99 Å². The Kier molecular flexibility index (Phi) is 5.61. The lowest BCUT2D eigenvalue weighted by Crippen LogP contribution is -2.22. The molecule has 0 aliphatic carbocycles. The highest BCUT2D eigenvalue weighted by atomic mass is 35.5. The number of carbonyl (C=O) groups is 1. The molecule has 4 aromatic rings. The summed E-state index contributed by atoms with van der Waals surface area (Å²) >= 11 is 6.02. The monoisotopic (exact) mass is 419 g/mol. The molecule has 30 heavy (non-hydrogen) atoms. The highest BCUT2D eigenvalue weighted by Gasteiger charge is 2.16. The maximum absolute atomic E-state index is 13.1. The van der Waals surface area contributed by atoms with E-state index in [2.05, 4.69) is 15.3 Å². The van der Waals surface area contributed by atoms with Crippen LogP contribution in [0.2, 0.25) is 5.02 Å². The molecule has 4 rings (SSSR count). The normalized spacial score (nSPS) is 11.6. The van der Waals surface area contributed by atoms with Gasteiger partial charge in [-0.25, -0.2) is 4.99 Å². The van der Waals surface area contributed by atoms with E-state index in [0.717, 1.165) is 0 Å². The largest absolute Gasteiger partial charge is 0.436 e. The number of benzene rings is 2. The van der Waals surface area contributed by atoms with Crippen LogP contribution in [0, 0.1) is 6.92 Å². The lowest BCUT2D eigenvalue weighted by Gasteiger charge is -2.10. The van der Waals surface area contributed by atoms with Gasteiger partial charge < -0.3 is 14.8 Å². The van der Waals surface area contributed by atoms with E-state index in [1.807, 2.05) is 30.3 Å². The summed E-state index contributed by atoms with van der Waals surface area (Å²) in [6.45, 7) is 1.56. The Morgan fingerprint density at radius 2 is 1.97 bits per heavy atom. The summed E-state index contributed by atoms with van der Waals surface area (Å²) in [7, 11) is 0. The van der Waals surface area contributed by atoms with Gasteiger partial charge in [-0.05, 0) is 43.3 Å². The van der Waals surface area contributed by atoms with Crippen molar-refractivity contribution >= 4 is 39.9 Å². The lowest BCUT2D eigenvalue weighted by molar-refractivity contribution is 0.102. The van der Waals surface area contributed by atoms with Crippen LogP contribution in [0.5, 0.6) is 0 Å². The molecule has 0 bridgehead atoms. The van der Waals surface area contributed by atoms with Crippen LogP contribution < -0.4 is 10.9 Å². The molecule has 0 spiro atoms. The van der Waals surface area contributed by atoms with Gasteiger partial charge in [0.15, 0.2) is 5.58 Å². The second-order valence-corrected chi connectivity index (χ2v) is 7.08. The number of fused-ring (bicyclic) bond motifs is 1. The summed E-state index contributed by atoms with van der Waals surface area (Å²) in [6.07, 6.45) is 1.57. The van der Waals surface area contributed by atoms with Crippen LogP contribution >= 0.6 is 11.6 Å². The van der Waals surface area contributed by atoms with E-state index < -0.39 is 5.91 Å². The Morgan fingerprint density at radius 1 is 1.17 bits per heavy atom. The molecule has 0 saturated heterocycles. The average Bonchev–Trinajstić information content (AvgIpc) is 2.75. The number of halogens is 1. The molecule has 6 nitrogen and oxygen atoms in total. The van der Waals surface area contributed by atoms with Crippen molar-refractivity contribution < 1.29 is 14.3 Å². The van der Waals surface area contributed by atoms with Gasteiger partial charge in [-0.3, -0.25) is 9.78 Å². The van der Waals surface area contributed by atoms with Crippen LogP contribution in [0.1, 0.15) is 21.6 Å². The minimum absolute atomic E-state index is 0.146. The first-order chi connectivity index (χ1) is 14.5. The van der Waals surface area contributed by atoms with E-state index in [-0.39, 0.29) is 17.7 Å². The SMILES string of the molecule is Cc1ncc(CO)c2cc(C(=O)Nc3cccc(Cl)c3)c(=Nc3ccccc3)oc12. The number of hydrogen-bond acceptors (Lipinski definition) is 5. The quantitative estimate of drug-likeness (QED) is 0.499. The number of aliphatic hydroxyl groups excluding tert-OH is 1. The molecule has 0 atom stereocenters. The summed E-state index contributed by atoms with van der Waals surface area (Å²) < 4.78 is 6.03. The van der Waals surface area contributed by atoms with Gasteiger partial charge in [-0.15, -0.1) is 0 Å². The Bertz CT molecular complexity index is 1300. The smallest absolute Gasteiger partial charge is 0.261 e. The topological polar surface area (TPSA) is 87.7 Å². The van der Waals surface area contributed by atoms with Crippen LogP contribution in [0.25, 0.3) is 11.0 Å². The number of hydrogen-bond donors (Lipinski definition) is 2. The van der Waals surface area contributed by atoms with Crippen molar-refractivity contribution in [3.05, 3.63) is 94.3 Å². The Labute approximate surface area is 177 Å². The van der Waals surface area contributed by atoms with Crippen molar-refractivity contribution in [2.45, 2.75) is 13.5 Å². The second-order valence-electron chi connectivity index (χ2n) is 6.65. The molecule has 7 heteroatoms. The van der Waals surface area contributed by atoms with E-state index in [0.29, 0.717) is 38.6 Å². The number of amides is 1. The lowest BCUT2D eigenvalue weighted by atomic mass is 10.1. The molecule has 2 heterocycles. The maximum atomic E-state index is 13.1. The molecule has 2 aromatic heterocycles. The molecule has 0 unspecified atom stereocenters. The number of aliphatic hydroxyl groups is 1. The average molecular weight is 420 g/mol. The van der Waals surface area contributed by atoms with Gasteiger partial charge in [0.2, 0.25) is 5.55 Å². The van der Waals surface area contributed by atoms with Gasteiger partial charge in [0.05, 0.1) is 18.0 Å². The first kappa shape index (κ1) is 19.8. The molecule has 0 radical (unpaired) electrons. The fourth-order valence-electron chi connectivity index (χ4n) is 3.04. The minimum Gasteiger partial charge on any atom is -0.436 e. The number of anilines is 1. The number of nitrogens with zero attached hydrogens (tertiary/aromatic N) is 2. The standard InChI is InChI=1S/C23H18ClN3O3/c1-14-21-19(15(13-28)12-25-14)11-20(22(29)26-18-9-5-6-16(24)10-18)23(30-21)27-17-7-3-2-4-8-17/h2-12,28H,13H2,1H3,(H,26,29). The Hall–Kier alpha value is -3.48. The zero-order valence-electron chi connectivity index (χ0n) is 16.1. The summed E-state index contributed by atoms with van der Waals surface area (Å²) in [6, 6.07) is 17.7. The van der Waals surface area contributed by atoms with Gasteiger partial charge >= 0.3 is 0 Å². The zero-order chi connectivity index (χ0) is 21.1. The van der Waals surface area contributed by atoms with E-state index in [1.165, 1.54) is 0 Å².